The molecule has 0 unspecified atom stereocenters. The van der Waals surface area contributed by atoms with Crippen molar-refractivity contribution < 1.29 is 19.0 Å². The van der Waals surface area contributed by atoms with Crippen molar-refractivity contribution in [2.24, 2.45) is 0 Å². The standard InChI is InChI=1S/C14H16BrNO4/c1-14(19-4-5-20-14)8-16-13(17)11-7-18-12-3-2-9(15)6-10(11)12/h2-3,6,11H,4-5,7-8H2,1H3,(H,16,17)/t11-/m1/s1. The number of fused-ring (bicyclic) bond motifs is 1. The van der Waals surface area contributed by atoms with Crippen LogP contribution in [0.3, 0.4) is 0 Å². The SMILES string of the molecule is CC1(CNC(=O)[C@@H]2COc3ccc(Br)cc32)OCCO1. The van der Waals surface area contributed by atoms with Gasteiger partial charge in [-0.05, 0) is 25.1 Å². The number of carbonyl (C=O) groups excluding carboxylic acids is 1. The van der Waals surface area contributed by atoms with E-state index in [1.807, 2.05) is 25.1 Å². The predicted octanol–water partition coefficient (Wildman–Crippen LogP) is 1.80. The first-order valence-corrected chi connectivity index (χ1v) is 7.35. The number of hydrogen-bond acceptors (Lipinski definition) is 4. The Bertz CT molecular complexity index is 528. The number of amides is 1. The van der Waals surface area contributed by atoms with E-state index in [0.29, 0.717) is 26.4 Å². The average Bonchev–Trinajstić information content (AvgIpc) is 3.03. The lowest BCUT2D eigenvalue weighted by Gasteiger charge is -2.23. The Morgan fingerprint density at radius 2 is 2.20 bits per heavy atom. The summed E-state index contributed by atoms with van der Waals surface area (Å²) in [5.74, 6) is -0.294. The second-order valence-electron chi connectivity index (χ2n) is 5.09. The molecule has 108 valence electrons. The van der Waals surface area contributed by atoms with Crippen LogP contribution in [0.4, 0.5) is 0 Å². The minimum atomic E-state index is -0.713. The van der Waals surface area contributed by atoms with Gasteiger partial charge in [-0.15, -0.1) is 0 Å². The first-order chi connectivity index (χ1) is 9.57. The van der Waals surface area contributed by atoms with Crippen molar-refractivity contribution in [3.63, 3.8) is 0 Å². The Balaban J connectivity index is 1.66. The molecule has 0 spiro atoms. The minimum absolute atomic E-state index is 0.0674. The van der Waals surface area contributed by atoms with Gasteiger partial charge in [0.15, 0.2) is 5.79 Å². The molecular formula is C14H16BrNO4. The molecule has 1 aromatic carbocycles. The van der Waals surface area contributed by atoms with Crippen LogP contribution in [0, 0.1) is 0 Å². The van der Waals surface area contributed by atoms with E-state index in [1.165, 1.54) is 0 Å². The van der Waals surface area contributed by atoms with Crippen LogP contribution in [0.15, 0.2) is 22.7 Å². The van der Waals surface area contributed by atoms with Crippen LogP contribution in [-0.4, -0.2) is 38.1 Å². The van der Waals surface area contributed by atoms with Crippen LogP contribution in [0.2, 0.25) is 0 Å². The van der Waals surface area contributed by atoms with Gasteiger partial charge in [0.2, 0.25) is 5.91 Å². The third kappa shape index (κ3) is 2.68. The molecule has 0 aromatic heterocycles. The molecule has 2 aliphatic heterocycles. The maximum atomic E-state index is 12.3. The number of nitrogens with one attached hydrogen (secondary N) is 1. The highest BCUT2D eigenvalue weighted by molar-refractivity contribution is 9.10. The van der Waals surface area contributed by atoms with Crippen LogP contribution >= 0.6 is 15.9 Å². The molecule has 0 aliphatic carbocycles. The van der Waals surface area contributed by atoms with Gasteiger partial charge in [-0.25, -0.2) is 0 Å². The molecule has 2 heterocycles. The number of carbonyl (C=O) groups is 1. The van der Waals surface area contributed by atoms with Crippen LogP contribution in [-0.2, 0) is 14.3 Å². The molecule has 1 fully saturated rings. The number of hydrogen-bond donors (Lipinski definition) is 1. The highest BCUT2D eigenvalue weighted by atomic mass is 79.9. The van der Waals surface area contributed by atoms with Crippen LogP contribution in [0.25, 0.3) is 0 Å². The lowest BCUT2D eigenvalue weighted by atomic mass is 10.0. The molecule has 0 radical (unpaired) electrons. The predicted molar refractivity (Wildman–Crippen MR) is 75.7 cm³/mol. The summed E-state index contributed by atoms with van der Waals surface area (Å²) in [6, 6.07) is 5.70. The molecule has 6 heteroatoms. The van der Waals surface area contributed by atoms with Crippen molar-refractivity contribution in [3.05, 3.63) is 28.2 Å². The van der Waals surface area contributed by atoms with Crippen LogP contribution < -0.4 is 10.1 Å². The van der Waals surface area contributed by atoms with Gasteiger partial charge >= 0.3 is 0 Å². The molecule has 5 nitrogen and oxygen atoms in total. The molecule has 0 bridgehead atoms. The second-order valence-corrected chi connectivity index (χ2v) is 6.01. The lowest BCUT2D eigenvalue weighted by molar-refractivity contribution is -0.146. The zero-order valence-electron chi connectivity index (χ0n) is 11.1. The van der Waals surface area contributed by atoms with Gasteiger partial charge in [0.05, 0.1) is 19.8 Å². The highest BCUT2D eigenvalue weighted by Gasteiger charge is 2.35. The molecule has 1 atom stereocenters. The van der Waals surface area contributed by atoms with Crippen molar-refractivity contribution in [3.8, 4) is 5.75 Å². The van der Waals surface area contributed by atoms with Crippen molar-refractivity contribution in [1.29, 1.82) is 0 Å². The summed E-state index contributed by atoms with van der Waals surface area (Å²) in [6.07, 6.45) is 0. The van der Waals surface area contributed by atoms with Crippen LogP contribution in [0.1, 0.15) is 18.4 Å². The zero-order chi connectivity index (χ0) is 14.2. The fraction of sp³-hybridized carbons (Fsp3) is 0.500. The average molecular weight is 342 g/mol. The summed E-state index contributed by atoms with van der Waals surface area (Å²) < 4.78 is 17.4. The summed E-state index contributed by atoms with van der Waals surface area (Å²) in [6.45, 7) is 3.67. The number of rotatable bonds is 3. The number of ether oxygens (including phenoxy) is 3. The summed E-state index contributed by atoms with van der Waals surface area (Å²) >= 11 is 3.42. The van der Waals surface area contributed by atoms with E-state index in [2.05, 4.69) is 21.2 Å². The van der Waals surface area contributed by atoms with Gasteiger partial charge in [-0.3, -0.25) is 4.79 Å². The van der Waals surface area contributed by atoms with Gasteiger partial charge in [0.1, 0.15) is 18.3 Å². The summed E-state index contributed by atoms with van der Waals surface area (Å²) in [5, 5.41) is 2.88. The summed E-state index contributed by atoms with van der Waals surface area (Å²) in [7, 11) is 0. The lowest BCUT2D eigenvalue weighted by Crippen LogP contribution is -2.43. The third-order valence-electron chi connectivity index (χ3n) is 3.55. The Labute approximate surface area is 125 Å². The molecule has 0 saturated carbocycles. The van der Waals surface area contributed by atoms with Gasteiger partial charge in [-0.2, -0.15) is 0 Å². The van der Waals surface area contributed by atoms with Crippen LogP contribution in [0.5, 0.6) is 5.75 Å². The molecule has 1 aromatic rings. The van der Waals surface area contributed by atoms with E-state index in [-0.39, 0.29) is 11.8 Å². The second kappa shape index (κ2) is 5.35. The molecular weight excluding hydrogens is 326 g/mol. The minimum Gasteiger partial charge on any atom is -0.492 e. The molecule has 20 heavy (non-hydrogen) atoms. The van der Waals surface area contributed by atoms with Gasteiger partial charge in [0, 0.05) is 10.0 Å². The highest BCUT2D eigenvalue weighted by Crippen LogP contribution is 2.36. The summed E-state index contributed by atoms with van der Waals surface area (Å²) in [5.41, 5.74) is 0.912. The van der Waals surface area contributed by atoms with E-state index in [0.717, 1.165) is 15.8 Å². The van der Waals surface area contributed by atoms with E-state index in [4.69, 9.17) is 14.2 Å². The molecule has 3 rings (SSSR count). The first kappa shape index (κ1) is 13.9. The van der Waals surface area contributed by atoms with Gasteiger partial charge in [0.25, 0.3) is 0 Å². The summed E-state index contributed by atoms with van der Waals surface area (Å²) in [4.78, 5) is 12.3. The smallest absolute Gasteiger partial charge is 0.231 e. The Morgan fingerprint density at radius 3 is 2.95 bits per heavy atom. The topological polar surface area (TPSA) is 56.8 Å². The Morgan fingerprint density at radius 1 is 1.45 bits per heavy atom. The molecule has 1 amide bonds. The van der Waals surface area contributed by atoms with E-state index in [1.54, 1.807) is 0 Å². The molecule has 1 N–H and O–H groups in total. The van der Waals surface area contributed by atoms with Crippen molar-refractivity contribution in [2.45, 2.75) is 18.6 Å². The largest absolute Gasteiger partial charge is 0.492 e. The monoisotopic (exact) mass is 341 g/mol. The van der Waals surface area contributed by atoms with Gasteiger partial charge < -0.3 is 19.5 Å². The fourth-order valence-corrected chi connectivity index (χ4v) is 2.81. The Kier molecular flexibility index (Phi) is 3.70. The number of benzene rings is 1. The fourth-order valence-electron chi connectivity index (χ4n) is 2.43. The van der Waals surface area contributed by atoms with E-state index < -0.39 is 5.79 Å². The Hall–Kier alpha value is -1.11. The van der Waals surface area contributed by atoms with Gasteiger partial charge in [-0.1, -0.05) is 15.9 Å². The third-order valence-corrected chi connectivity index (χ3v) is 4.04. The maximum Gasteiger partial charge on any atom is 0.231 e. The normalized spacial score (nSPS) is 23.2. The molecule has 2 aliphatic rings. The quantitative estimate of drug-likeness (QED) is 0.910. The van der Waals surface area contributed by atoms with E-state index in [9.17, 15) is 4.79 Å². The van der Waals surface area contributed by atoms with E-state index >= 15 is 0 Å². The zero-order valence-corrected chi connectivity index (χ0v) is 12.7. The number of halogens is 1. The van der Waals surface area contributed by atoms with Crippen molar-refractivity contribution >= 4 is 21.8 Å². The molecule has 1 saturated heterocycles. The van der Waals surface area contributed by atoms with Crippen molar-refractivity contribution in [2.75, 3.05) is 26.4 Å². The maximum absolute atomic E-state index is 12.3. The first-order valence-electron chi connectivity index (χ1n) is 6.55. The van der Waals surface area contributed by atoms with Crippen molar-refractivity contribution in [1.82, 2.24) is 5.32 Å².